The Balaban J connectivity index is 1.71. The van der Waals surface area contributed by atoms with E-state index in [4.69, 9.17) is 4.42 Å². The van der Waals surface area contributed by atoms with E-state index in [-0.39, 0.29) is 11.5 Å². The zero-order valence-corrected chi connectivity index (χ0v) is 11.8. The number of hydrogen-bond acceptors (Lipinski definition) is 4. The fraction of sp³-hybridized carbons (Fsp3) is 0.400. The van der Waals surface area contributed by atoms with Crippen molar-refractivity contribution in [3.63, 3.8) is 0 Å². The van der Waals surface area contributed by atoms with Gasteiger partial charge in [-0.3, -0.25) is 9.59 Å². The molecule has 0 radical (unpaired) electrons. The molecule has 0 aromatic carbocycles. The smallest absolute Gasteiger partial charge is 0.267 e. The summed E-state index contributed by atoms with van der Waals surface area (Å²) >= 11 is 0. The van der Waals surface area contributed by atoms with Crippen molar-refractivity contribution in [3.8, 4) is 0 Å². The lowest BCUT2D eigenvalue weighted by atomic mass is 10.2. The number of carbonyl (C=O) groups excluding carboxylic acids is 1. The quantitative estimate of drug-likeness (QED) is 0.906. The van der Waals surface area contributed by atoms with Crippen molar-refractivity contribution in [1.29, 1.82) is 0 Å². The topological polar surface area (TPSA) is 77.1 Å². The van der Waals surface area contributed by atoms with Crippen LogP contribution in [-0.4, -0.2) is 15.7 Å². The van der Waals surface area contributed by atoms with Crippen LogP contribution in [0.4, 0.5) is 0 Å². The SMILES string of the molecule is CC(C(=O)NCc1ccco1)n1nc(C2CC2)ccc1=O. The first-order valence-electron chi connectivity index (χ1n) is 7.05. The molecule has 21 heavy (non-hydrogen) atoms. The highest BCUT2D eigenvalue weighted by atomic mass is 16.3. The third-order valence-corrected chi connectivity index (χ3v) is 3.60. The second kappa shape index (κ2) is 5.55. The van der Waals surface area contributed by atoms with Gasteiger partial charge in [0, 0.05) is 12.0 Å². The fourth-order valence-electron chi connectivity index (χ4n) is 2.16. The first-order valence-corrected chi connectivity index (χ1v) is 7.05. The molecule has 0 bridgehead atoms. The van der Waals surface area contributed by atoms with E-state index in [1.165, 1.54) is 10.7 Å². The lowest BCUT2D eigenvalue weighted by Crippen LogP contribution is -2.36. The average Bonchev–Trinajstić information content (AvgIpc) is 3.21. The summed E-state index contributed by atoms with van der Waals surface area (Å²) in [7, 11) is 0. The summed E-state index contributed by atoms with van der Waals surface area (Å²) < 4.78 is 6.41. The van der Waals surface area contributed by atoms with Gasteiger partial charge in [-0.15, -0.1) is 0 Å². The molecule has 1 fully saturated rings. The number of hydrogen-bond donors (Lipinski definition) is 1. The molecule has 0 saturated heterocycles. The van der Waals surface area contributed by atoms with Gasteiger partial charge in [0.25, 0.3) is 5.56 Å². The number of amides is 1. The summed E-state index contributed by atoms with van der Waals surface area (Å²) in [6.07, 6.45) is 3.75. The van der Waals surface area contributed by atoms with Crippen molar-refractivity contribution in [2.45, 2.75) is 38.3 Å². The predicted molar refractivity (Wildman–Crippen MR) is 75.7 cm³/mol. The van der Waals surface area contributed by atoms with E-state index in [1.54, 1.807) is 31.4 Å². The Morgan fingerprint density at radius 3 is 2.95 bits per heavy atom. The normalized spacial score (nSPS) is 15.7. The van der Waals surface area contributed by atoms with Crippen molar-refractivity contribution in [1.82, 2.24) is 15.1 Å². The van der Waals surface area contributed by atoms with Crippen LogP contribution in [0.2, 0.25) is 0 Å². The molecular weight excluding hydrogens is 270 g/mol. The Morgan fingerprint density at radius 1 is 1.48 bits per heavy atom. The molecule has 2 aromatic heterocycles. The Kier molecular flexibility index (Phi) is 3.60. The molecule has 3 rings (SSSR count). The van der Waals surface area contributed by atoms with E-state index in [1.807, 2.05) is 0 Å². The van der Waals surface area contributed by atoms with Crippen LogP contribution < -0.4 is 10.9 Å². The minimum Gasteiger partial charge on any atom is -0.467 e. The number of nitrogens with one attached hydrogen (secondary N) is 1. The molecule has 6 nitrogen and oxygen atoms in total. The zero-order chi connectivity index (χ0) is 14.8. The minimum absolute atomic E-state index is 0.256. The van der Waals surface area contributed by atoms with Crippen LogP contribution in [-0.2, 0) is 11.3 Å². The van der Waals surface area contributed by atoms with Gasteiger partial charge in [0.15, 0.2) is 0 Å². The monoisotopic (exact) mass is 287 g/mol. The van der Waals surface area contributed by atoms with Gasteiger partial charge in [-0.25, -0.2) is 4.68 Å². The Morgan fingerprint density at radius 2 is 2.29 bits per heavy atom. The van der Waals surface area contributed by atoms with Gasteiger partial charge in [-0.2, -0.15) is 5.10 Å². The molecule has 0 spiro atoms. The highest BCUT2D eigenvalue weighted by molar-refractivity contribution is 5.79. The van der Waals surface area contributed by atoms with Crippen LogP contribution in [0.3, 0.4) is 0 Å². The molecule has 0 aliphatic heterocycles. The van der Waals surface area contributed by atoms with Gasteiger partial charge >= 0.3 is 0 Å². The molecule has 6 heteroatoms. The van der Waals surface area contributed by atoms with Crippen LogP contribution in [0, 0.1) is 0 Å². The number of nitrogens with zero attached hydrogens (tertiary/aromatic N) is 2. The third kappa shape index (κ3) is 3.04. The lowest BCUT2D eigenvalue weighted by Gasteiger charge is -2.14. The molecule has 1 saturated carbocycles. The molecule has 1 amide bonds. The van der Waals surface area contributed by atoms with E-state index in [2.05, 4.69) is 10.4 Å². The highest BCUT2D eigenvalue weighted by Gasteiger charge is 2.27. The summed E-state index contributed by atoms with van der Waals surface area (Å²) in [5, 5.41) is 7.06. The number of aromatic nitrogens is 2. The van der Waals surface area contributed by atoms with Crippen molar-refractivity contribution < 1.29 is 9.21 Å². The number of furan rings is 1. The molecular formula is C15H17N3O3. The fourth-order valence-corrected chi connectivity index (χ4v) is 2.16. The van der Waals surface area contributed by atoms with Crippen molar-refractivity contribution in [2.24, 2.45) is 0 Å². The van der Waals surface area contributed by atoms with E-state index < -0.39 is 6.04 Å². The number of rotatable bonds is 5. The molecule has 1 unspecified atom stereocenters. The molecule has 1 aliphatic rings. The van der Waals surface area contributed by atoms with Gasteiger partial charge in [-0.05, 0) is 38.0 Å². The maximum absolute atomic E-state index is 12.1. The summed E-state index contributed by atoms with van der Waals surface area (Å²) in [5.74, 6) is 0.853. The van der Waals surface area contributed by atoms with Crippen LogP contribution in [0.15, 0.2) is 39.7 Å². The summed E-state index contributed by atoms with van der Waals surface area (Å²) in [6.45, 7) is 1.97. The largest absolute Gasteiger partial charge is 0.467 e. The van der Waals surface area contributed by atoms with Gasteiger partial charge in [-0.1, -0.05) is 0 Å². The van der Waals surface area contributed by atoms with Crippen LogP contribution in [0.1, 0.15) is 43.2 Å². The van der Waals surface area contributed by atoms with Gasteiger partial charge in [0.05, 0.1) is 18.5 Å². The van der Waals surface area contributed by atoms with Crippen LogP contribution >= 0.6 is 0 Å². The van der Waals surface area contributed by atoms with Gasteiger partial charge < -0.3 is 9.73 Å². The first-order chi connectivity index (χ1) is 10.1. The van der Waals surface area contributed by atoms with Crippen LogP contribution in [0.25, 0.3) is 0 Å². The third-order valence-electron chi connectivity index (χ3n) is 3.60. The standard InChI is InChI=1S/C15H17N3O3/c1-10(15(20)16-9-12-3-2-8-21-12)18-14(19)7-6-13(17-18)11-4-5-11/h2-3,6-8,10-11H,4-5,9H2,1H3,(H,16,20). The van der Waals surface area contributed by atoms with Gasteiger partial charge in [0.1, 0.15) is 11.8 Å². The van der Waals surface area contributed by atoms with E-state index >= 15 is 0 Å². The molecule has 1 N–H and O–H groups in total. The maximum atomic E-state index is 12.1. The van der Waals surface area contributed by atoms with Gasteiger partial charge in [0.2, 0.25) is 5.91 Å². The minimum atomic E-state index is -0.647. The molecule has 110 valence electrons. The second-order valence-electron chi connectivity index (χ2n) is 5.29. The van der Waals surface area contributed by atoms with E-state index in [9.17, 15) is 9.59 Å². The van der Waals surface area contributed by atoms with E-state index in [0.717, 1.165) is 18.5 Å². The first kappa shape index (κ1) is 13.6. The highest BCUT2D eigenvalue weighted by Crippen LogP contribution is 2.38. The molecule has 1 atom stereocenters. The lowest BCUT2D eigenvalue weighted by molar-refractivity contribution is -0.124. The molecule has 2 aromatic rings. The zero-order valence-electron chi connectivity index (χ0n) is 11.8. The Labute approximate surface area is 121 Å². The van der Waals surface area contributed by atoms with Crippen LogP contribution in [0.5, 0.6) is 0 Å². The van der Waals surface area contributed by atoms with E-state index in [0.29, 0.717) is 18.2 Å². The molecule has 1 aliphatic carbocycles. The predicted octanol–water partition coefficient (Wildman–Crippen LogP) is 1.59. The average molecular weight is 287 g/mol. The Hall–Kier alpha value is -2.37. The van der Waals surface area contributed by atoms with Crippen molar-refractivity contribution in [3.05, 3.63) is 52.3 Å². The summed E-state index contributed by atoms with van der Waals surface area (Å²) in [4.78, 5) is 24.0. The maximum Gasteiger partial charge on any atom is 0.267 e. The summed E-state index contributed by atoms with van der Waals surface area (Å²) in [6, 6.07) is 6.13. The van der Waals surface area contributed by atoms with Crippen molar-refractivity contribution >= 4 is 5.91 Å². The molecule has 2 heterocycles. The Bertz CT molecular complexity index is 686. The van der Waals surface area contributed by atoms with Crippen molar-refractivity contribution in [2.75, 3.05) is 0 Å². The number of carbonyl (C=O) groups is 1. The summed E-state index contributed by atoms with van der Waals surface area (Å²) in [5.41, 5.74) is 0.625. The second-order valence-corrected chi connectivity index (χ2v) is 5.29.